The van der Waals surface area contributed by atoms with Crippen LogP contribution in [-0.4, -0.2) is 30.8 Å². The Morgan fingerprint density at radius 1 is 1.00 bits per heavy atom. The summed E-state index contributed by atoms with van der Waals surface area (Å²) in [6, 6.07) is 9.84. The van der Waals surface area contributed by atoms with Crippen molar-refractivity contribution in [1.82, 2.24) is 10.2 Å². The van der Waals surface area contributed by atoms with Gasteiger partial charge in [-0.25, -0.2) is 17.6 Å². The Labute approximate surface area is 210 Å². The molecular weight excluding hydrogens is 498 g/mol. The number of likely N-dealkylation sites (N-methyl/N-ethyl adjacent to an activating group) is 1. The molecule has 1 heterocycles. The molecule has 0 bridgehead atoms. The van der Waals surface area contributed by atoms with Gasteiger partial charge < -0.3 is 10.2 Å². The van der Waals surface area contributed by atoms with Crippen molar-refractivity contribution in [2.45, 2.75) is 25.6 Å². The van der Waals surface area contributed by atoms with Crippen LogP contribution in [0.1, 0.15) is 34.0 Å². The maximum atomic E-state index is 14.5. The molecule has 0 radical (unpaired) electrons. The highest BCUT2D eigenvalue weighted by Gasteiger charge is 2.49. The smallest absolute Gasteiger partial charge is 0.252 e. The molecule has 0 aromatic heterocycles. The van der Waals surface area contributed by atoms with Gasteiger partial charge in [-0.2, -0.15) is 0 Å². The third-order valence-corrected chi connectivity index (χ3v) is 6.89. The summed E-state index contributed by atoms with van der Waals surface area (Å²) in [6.45, 7) is 1.03. The topological polar surface area (TPSA) is 52.7 Å². The van der Waals surface area contributed by atoms with Gasteiger partial charge in [0.2, 0.25) is 0 Å². The van der Waals surface area contributed by atoms with Crippen molar-refractivity contribution in [2.75, 3.05) is 19.0 Å². The Morgan fingerprint density at radius 3 is 2.28 bits per heavy atom. The number of fused-ring (bicyclic) bond motifs is 1. The zero-order chi connectivity index (χ0) is 26.4. The molecule has 2 amide bonds. The van der Waals surface area contributed by atoms with E-state index in [0.717, 1.165) is 0 Å². The van der Waals surface area contributed by atoms with Crippen LogP contribution < -0.4 is 10.2 Å². The van der Waals surface area contributed by atoms with Crippen LogP contribution >= 0.6 is 11.6 Å². The molecule has 4 rings (SSSR count). The quantitative estimate of drug-likeness (QED) is 0.458. The molecule has 188 valence electrons. The van der Waals surface area contributed by atoms with E-state index >= 15 is 0 Å². The van der Waals surface area contributed by atoms with E-state index < -0.39 is 46.8 Å². The highest BCUT2D eigenvalue weighted by molar-refractivity contribution is 6.31. The maximum absolute atomic E-state index is 14.5. The van der Waals surface area contributed by atoms with Gasteiger partial charge in [0.25, 0.3) is 11.8 Å². The van der Waals surface area contributed by atoms with E-state index in [2.05, 4.69) is 5.32 Å². The van der Waals surface area contributed by atoms with E-state index in [1.54, 1.807) is 32.0 Å². The summed E-state index contributed by atoms with van der Waals surface area (Å²) in [5.41, 5.74) is -0.380. The van der Waals surface area contributed by atoms with Crippen molar-refractivity contribution in [3.63, 3.8) is 0 Å². The number of carbonyl (C=O) groups excluding carboxylic acids is 2. The van der Waals surface area contributed by atoms with Crippen molar-refractivity contribution in [1.29, 1.82) is 0 Å². The van der Waals surface area contributed by atoms with Gasteiger partial charge >= 0.3 is 0 Å². The molecule has 0 saturated heterocycles. The molecule has 0 spiro atoms. The number of rotatable bonds is 6. The molecule has 3 aromatic rings. The summed E-state index contributed by atoms with van der Waals surface area (Å²) in [5, 5.41) is 2.56. The lowest BCUT2D eigenvalue weighted by atomic mass is 9.91. The number of carbonyl (C=O) groups is 2. The van der Waals surface area contributed by atoms with Gasteiger partial charge in [-0.3, -0.25) is 14.5 Å². The fourth-order valence-electron chi connectivity index (χ4n) is 4.24. The van der Waals surface area contributed by atoms with Crippen molar-refractivity contribution < 1.29 is 27.2 Å². The van der Waals surface area contributed by atoms with Crippen LogP contribution in [0.2, 0.25) is 5.02 Å². The summed E-state index contributed by atoms with van der Waals surface area (Å²) in [6.07, 6.45) is 0. The van der Waals surface area contributed by atoms with E-state index in [-0.39, 0.29) is 28.6 Å². The first-order chi connectivity index (χ1) is 16.9. The molecule has 10 heteroatoms. The fourth-order valence-corrected chi connectivity index (χ4v) is 4.46. The maximum Gasteiger partial charge on any atom is 0.252 e. The third kappa shape index (κ3) is 4.33. The number of anilines is 1. The SMILES string of the molecule is CN(C)C1(C)C(=O)N(Cc2c(F)cccc2Cl)c2cc(C(=O)NCc3c(F)cc(F)cc3F)ccc21. The molecule has 0 fully saturated rings. The molecule has 3 aromatic carbocycles. The van der Waals surface area contributed by atoms with Crippen LogP contribution in [0.4, 0.5) is 23.2 Å². The van der Waals surface area contributed by atoms with Crippen LogP contribution in [0, 0.1) is 23.3 Å². The zero-order valence-electron chi connectivity index (χ0n) is 19.6. The number of benzene rings is 3. The Bertz CT molecular complexity index is 1340. The monoisotopic (exact) mass is 519 g/mol. The van der Waals surface area contributed by atoms with Gasteiger partial charge in [0.15, 0.2) is 0 Å². The van der Waals surface area contributed by atoms with Crippen molar-refractivity contribution >= 4 is 29.1 Å². The minimum absolute atomic E-state index is 0.108. The lowest BCUT2D eigenvalue weighted by molar-refractivity contribution is -0.127. The summed E-state index contributed by atoms with van der Waals surface area (Å²) in [5.74, 6) is -4.90. The zero-order valence-corrected chi connectivity index (χ0v) is 20.4. The summed E-state index contributed by atoms with van der Waals surface area (Å²) in [7, 11) is 3.46. The van der Waals surface area contributed by atoms with Gasteiger partial charge in [-0.1, -0.05) is 23.7 Å². The van der Waals surface area contributed by atoms with Crippen LogP contribution in [0.15, 0.2) is 48.5 Å². The molecule has 1 atom stereocenters. The highest BCUT2D eigenvalue weighted by Crippen LogP contribution is 2.44. The van der Waals surface area contributed by atoms with Gasteiger partial charge in [0.05, 0.1) is 12.2 Å². The molecule has 0 aliphatic carbocycles. The number of amides is 2. The summed E-state index contributed by atoms with van der Waals surface area (Å²) >= 11 is 6.20. The first kappa shape index (κ1) is 25.7. The molecule has 36 heavy (non-hydrogen) atoms. The largest absolute Gasteiger partial charge is 0.348 e. The Morgan fingerprint density at radius 2 is 1.67 bits per heavy atom. The van der Waals surface area contributed by atoms with E-state index in [4.69, 9.17) is 11.6 Å². The van der Waals surface area contributed by atoms with Gasteiger partial charge in [-0.15, -0.1) is 0 Å². The minimum atomic E-state index is -1.12. The average Bonchev–Trinajstić information content (AvgIpc) is 3.02. The van der Waals surface area contributed by atoms with Crippen molar-refractivity contribution in [3.8, 4) is 0 Å². The fraction of sp³-hybridized carbons (Fsp3) is 0.231. The second-order valence-corrected chi connectivity index (χ2v) is 9.23. The second kappa shape index (κ2) is 9.55. The van der Waals surface area contributed by atoms with E-state index in [9.17, 15) is 27.2 Å². The van der Waals surface area contributed by atoms with E-state index in [1.807, 2.05) is 0 Å². The molecule has 0 saturated carbocycles. The standard InChI is InChI=1S/C26H22ClF4N3O2/c1-26(33(2)3)18-8-7-14(24(35)32-12-16-21(30)10-15(28)11-22(16)31)9-23(18)34(25(26)36)13-17-19(27)5-4-6-20(17)29/h4-11H,12-13H2,1-3H3,(H,32,35). The number of hydrogen-bond acceptors (Lipinski definition) is 3. The van der Waals surface area contributed by atoms with E-state index in [0.29, 0.717) is 23.4 Å². The Hall–Kier alpha value is -3.43. The number of hydrogen-bond donors (Lipinski definition) is 1. The van der Waals surface area contributed by atoms with Gasteiger partial charge in [-0.05, 0) is 45.3 Å². The first-order valence-electron chi connectivity index (χ1n) is 10.9. The molecular formula is C26H22ClF4N3O2. The second-order valence-electron chi connectivity index (χ2n) is 8.82. The Balaban J connectivity index is 1.68. The van der Waals surface area contributed by atoms with Crippen LogP contribution in [0.25, 0.3) is 0 Å². The van der Waals surface area contributed by atoms with Gasteiger partial charge in [0.1, 0.15) is 28.8 Å². The molecule has 1 unspecified atom stereocenters. The van der Waals surface area contributed by atoms with Crippen molar-refractivity contribution in [3.05, 3.63) is 99.1 Å². The van der Waals surface area contributed by atoms with E-state index in [1.165, 1.54) is 35.2 Å². The normalized spacial score (nSPS) is 17.0. The Kier molecular flexibility index (Phi) is 6.81. The summed E-state index contributed by atoms with van der Waals surface area (Å²) in [4.78, 5) is 29.5. The first-order valence-corrected chi connectivity index (χ1v) is 11.3. The molecule has 1 aliphatic rings. The van der Waals surface area contributed by atoms with Crippen LogP contribution in [0.3, 0.4) is 0 Å². The summed E-state index contributed by atoms with van der Waals surface area (Å²) < 4.78 is 55.6. The van der Waals surface area contributed by atoms with Crippen molar-refractivity contribution in [2.24, 2.45) is 0 Å². The number of nitrogens with one attached hydrogen (secondary N) is 1. The minimum Gasteiger partial charge on any atom is -0.348 e. The number of nitrogens with zero attached hydrogens (tertiary/aromatic N) is 2. The van der Waals surface area contributed by atoms with Crippen LogP contribution in [0.5, 0.6) is 0 Å². The average molecular weight is 520 g/mol. The predicted molar refractivity (Wildman–Crippen MR) is 128 cm³/mol. The molecule has 1 N–H and O–H groups in total. The van der Waals surface area contributed by atoms with Crippen LogP contribution in [-0.2, 0) is 23.4 Å². The molecule has 1 aliphatic heterocycles. The predicted octanol–water partition coefficient (Wildman–Crippen LogP) is 5.15. The number of halogens is 5. The van der Waals surface area contributed by atoms with Gasteiger partial charge in [0, 0.05) is 46.0 Å². The highest BCUT2D eigenvalue weighted by atomic mass is 35.5. The lowest BCUT2D eigenvalue weighted by Gasteiger charge is -2.31. The third-order valence-electron chi connectivity index (χ3n) is 6.54. The molecule has 5 nitrogen and oxygen atoms in total. The lowest BCUT2D eigenvalue weighted by Crippen LogP contribution is -2.47.